The molecule has 6 rings (SSSR count). The fourth-order valence-corrected chi connectivity index (χ4v) is 6.08. The number of phenolic OH excluding ortho intramolecular Hbond substituents is 1. The van der Waals surface area contributed by atoms with Crippen LogP contribution in [0.2, 0.25) is 0 Å². The maximum Gasteiger partial charge on any atom is 0.169 e. The molecule has 4 heterocycles. The SMILES string of the molecule is Nc1nnc(-c2ccccc2O)cc1N1CC2CCC(C1)N2Cc1cccc(CN2CCNCC2)c1. The van der Waals surface area contributed by atoms with E-state index in [1.54, 1.807) is 6.07 Å². The van der Waals surface area contributed by atoms with Gasteiger partial charge in [-0.25, -0.2) is 0 Å². The summed E-state index contributed by atoms with van der Waals surface area (Å²) >= 11 is 0. The Kier molecular flexibility index (Phi) is 6.48. The Morgan fingerprint density at radius 1 is 0.889 bits per heavy atom. The molecular weight excluding hydrogens is 450 g/mol. The molecule has 0 spiro atoms. The number of hydrogen-bond acceptors (Lipinski definition) is 8. The number of para-hydroxylation sites is 1. The maximum atomic E-state index is 10.3. The zero-order valence-electron chi connectivity index (χ0n) is 20.7. The fourth-order valence-electron chi connectivity index (χ4n) is 6.08. The van der Waals surface area contributed by atoms with E-state index in [2.05, 4.69) is 54.5 Å². The first-order valence-electron chi connectivity index (χ1n) is 13.1. The summed E-state index contributed by atoms with van der Waals surface area (Å²) in [5.41, 5.74) is 11.3. The van der Waals surface area contributed by atoms with Gasteiger partial charge in [-0.3, -0.25) is 9.80 Å². The summed E-state index contributed by atoms with van der Waals surface area (Å²) in [5.74, 6) is 0.647. The van der Waals surface area contributed by atoms with Crippen molar-refractivity contribution in [2.24, 2.45) is 0 Å². The van der Waals surface area contributed by atoms with Crippen molar-refractivity contribution in [1.29, 1.82) is 0 Å². The summed E-state index contributed by atoms with van der Waals surface area (Å²) in [7, 11) is 0. The van der Waals surface area contributed by atoms with Gasteiger partial charge in [-0.2, -0.15) is 0 Å². The van der Waals surface area contributed by atoms with Crippen molar-refractivity contribution >= 4 is 11.5 Å². The van der Waals surface area contributed by atoms with E-state index in [4.69, 9.17) is 5.73 Å². The number of fused-ring (bicyclic) bond motifs is 2. The van der Waals surface area contributed by atoms with Crippen molar-refractivity contribution in [3.8, 4) is 17.0 Å². The molecule has 3 fully saturated rings. The molecule has 36 heavy (non-hydrogen) atoms. The van der Waals surface area contributed by atoms with Gasteiger partial charge in [0.1, 0.15) is 5.75 Å². The molecule has 0 amide bonds. The van der Waals surface area contributed by atoms with E-state index < -0.39 is 0 Å². The van der Waals surface area contributed by atoms with Crippen LogP contribution in [-0.4, -0.2) is 76.5 Å². The molecule has 0 saturated carbocycles. The molecule has 188 valence electrons. The average molecular weight is 486 g/mol. The number of piperazine rings is 2. The number of hydrogen-bond donors (Lipinski definition) is 3. The van der Waals surface area contributed by atoms with Crippen LogP contribution in [0.1, 0.15) is 24.0 Å². The third-order valence-electron chi connectivity index (χ3n) is 7.93. The third-order valence-corrected chi connectivity index (χ3v) is 7.93. The lowest BCUT2D eigenvalue weighted by Crippen LogP contribution is -2.53. The molecule has 8 nitrogen and oxygen atoms in total. The fraction of sp³-hybridized carbons (Fsp3) is 0.429. The summed E-state index contributed by atoms with van der Waals surface area (Å²) in [6.45, 7) is 8.28. The van der Waals surface area contributed by atoms with Gasteiger partial charge in [-0.15, -0.1) is 10.2 Å². The quantitative estimate of drug-likeness (QED) is 0.491. The first-order valence-corrected chi connectivity index (χ1v) is 13.1. The largest absolute Gasteiger partial charge is 0.507 e. The number of benzene rings is 2. The molecule has 0 radical (unpaired) electrons. The van der Waals surface area contributed by atoms with Crippen LogP contribution in [0.5, 0.6) is 5.75 Å². The predicted molar refractivity (Wildman–Crippen MR) is 143 cm³/mol. The molecule has 3 saturated heterocycles. The number of nitrogen functional groups attached to an aromatic ring is 1. The number of phenols is 1. The summed E-state index contributed by atoms with van der Waals surface area (Å²) in [4.78, 5) is 7.59. The van der Waals surface area contributed by atoms with E-state index >= 15 is 0 Å². The van der Waals surface area contributed by atoms with Crippen LogP contribution in [0.25, 0.3) is 11.3 Å². The van der Waals surface area contributed by atoms with Gasteiger partial charge in [-0.05, 0) is 42.2 Å². The Hall–Kier alpha value is -3.20. The van der Waals surface area contributed by atoms with Crippen LogP contribution >= 0.6 is 0 Å². The van der Waals surface area contributed by atoms with Crippen molar-refractivity contribution in [1.82, 2.24) is 25.3 Å². The van der Waals surface area contributed by atoms with E-state index in [1.165, 1.54) is 24.0 Å². The molecule has 2 bridgehead atoms. The highest BCUT2D eigenvalue weighted by atomic mass is 16.3. The van der Waals surface area contributed by atoms with Crippen LogP contribution in [0.15, 0.2) is 54.6 Å². The Labute approximate surface area is 212 Å². The van der Waals surface area contributed by atoms with Crippen molar-refractivity contribution in [3.63, 3.8) is 0 Å². The number of aromatic nitrogens is 2. The Morgan fingerprint density at radius 2 is 1.61 bits per heavy atom. The predicted octanol–water partition coefficient (Wildman–Crippen LogP) is 2.69. The van der Waals surface area contributed by atoms with Crippen molar-refractivity contribution in [3.05, 3.63) is 65.7 Å². The highest BCUT2D eigenvalue weighted by molar-refractivity contribution is 5.74. The van der Waals surface area contributed by atoms with Crippen LogP contribution in [0.3, 0.4) is 0 Å². The molecule has 8 heteroatoms. The second kappa shape index (κ2) is 10.0. The summed E-state index contributed by atoms with van der Waals surface area (Å²) in [6.07, 6.45) is 2.40. The zero-order valence-corrected chi connectivity index (χ0v) is 20.7. The van der Waals surface area contributed by atoms with Crippen LogP contribution in [-0.2, 0) is 13.1 Å². The number of nitrogens with two attached hydrogens (primary N) is 1. The van der Waals surface area contributed by atoms with Gasteiger partial charge in [0.15, 0.2) is 5.82 Å². The Morgan fingerprint density at radius 3 is 2.36 bits per heavy atom. The molecule has 4 N–H and O–H groups in total. The average Bonchev–Trinajstić information content (AvgIpc) is 3.12. The number of nitrogens with one attached hydrogen (secondary N) is 1. The van der Waals surface area contributed by atoms with Gasteiger partial charge in [0, 0.05) is 70.0 Å². The maximum absolute atomic E-state index is 10.3. The lowest BCUT2D eigenvalue weighted by Gasteiger charge is -2.42. The molecule has 2 unspecified atom stereocenters. The number of nitrogens with zero attached hydrogens (tertiary/aromatic N) is 5. The molecule has 3 aliphatic heterocycles. The molecule has 1 aromatic heterocycles. The number of aromatic hydroxyl groups is 1. The van der Waals surface area contributed by atoms with Gasteiger partial charge in [0.2, 0.25) is 0 Å². The van der Waals surface area contributed by atoms with Crippen molar-refractivity contribution < 1.29 is 5.11 Å². The third kappa shape index (κ3) is 4.76. The van der Waals surface area contributed by atoms with Crippen LogP contribution < -0.4 is 16.0 Å². The normalized spacial score (nSPS) is 22.7. The Bertz CT molecular complexity index is 1200. The lowest BCUT2D eigenvalue weighted by atomic mass is 10.1. The molecule has 3 aliphatic rings. The van der Waals surface area contributed by atoms with E-state index in [1.807, 2.05) is 24.3 Å². The minimum Gasteiger partial charge on any atom is -0.507 e. The van der Waals surface area contributed by atoms with E-state index in [0.717, 1.165) is 58.0 Å². The van der Waals surface area contributed by atoms with Crippen LogP contribution in [0.4, 0.5) is 11.5 Å². The minimum absolute atomic E-state index is 0.201. The van der Waals surface area contributed by atoms with Gasteiger partial charge in [0.25, 0.3) is 0 Å². The molecular formula is C28H35N7O. The van der Waals surface area contributed by atoms with Gasteiger partial charge in [0.05, 0.1) is 11.4 Å². The second-order valence-electron chi connectivity index (χ2n) is 10.3. The van der Waals surface area contributed by atoms with Crippen molar-refractivity contribution in [2.75, 3.05) is 49.9 Å². The van der Waals surface area contributed by atoms with Gasteiger partial charge < -0.3 is 21.1 Å². The summed E-state index contributed by atoms with van der Waals surface area (Å²) in [5, 5.41) is 22.2. The first-order chi connectivity index (χ1) is 17.6. The Balaban J connectivity index is 1.16. The summed E-state index contributed by atoms with van der Waals surface area (Å²) < 4.78 is 0. The zero-order chi connectivity index (χ0) is 24.5. The topological polar surface area (TPSA) is 93.8 Å². The van der Waals surface area contributed by atoms with Crippen molar-refractivity contribution in [2.45, 2.75) is 38.0 Å². The standard InChI is InChI=1S/C28H35N7O/c29-28-26(15-25(31-32-28)24-6-1-2-7-27(24)36)34-18-22-8-9-23(19-34)35(22)17-21-5-3-4-20(14-21)16-33-12-10-30-11-13-33/h1-7,14-15,22-23,30,36H,8-13,16-19H2,(H2,29,32). The van der Waals surface area contributed by atoms with E-state index in [9.17, 15) is 5.11 Å². The van der Waals surface area contributed by atoms with E-state index in [-0.39, 0.29) is 5.75 Å². The number of rotatable bonds is 6. The first kappa shape index (κ1) is 23.2. The lowest BCUT2D eigenvalue weighted by molar-refractivity contribution is 0.160. The smallest absolute Gasteiger partial charge is 0.169 e. The molecule has 0 aliphatic carbocycles. The van der Waals surface area contributed by atoms with Gasteiger partial charge in [-0.1, -0.05) is 36.4 Å². The highest BCUT2D eigenvalue weighted by Crippen LogP contribution is 2.37. The summed E-state index contributed by atoms with van der Waals surface area (Å²) in [6, 6.07) is 19.3. The highest BCUT2D eigenvalue weighted by Gasteiger charge is 2.40. The molecule has 3 aromatic rings. The number of anilines is 2. The molecule has 2 aromatic carbocycles. The van der Waals surface area contributed by atoms with E-state index in [0.29, 0.717) is 29.2 Å². The minimum atomic E-state index is 0.201. The monoisotopic (exact) mass is 485 g/mol. The van der Waals surface area contributed by atoms with Crippen LogP contribution in [0, 0.1) is 0 Å². The second-order valence-corrected chi connectivity index (χ2v) is 10.3. The molecule has 2 atom stereocenters. The van der Waals surface area contributed by atoms with Gasteiger partial charge >= 0.3 is 0 Å².